The molecule has 2 aromatic rings. The number of rotatable bonds is 6. The minimum Gasteiger partial charge on any atom is -0.477 e. The van der Waals surface area contributed by atoms with Crippen molar-refractivity contribution in [2.75, 3.05) is 0 Å². The molecule has 0 saturated carbocycles. The van der Waals surface area contributed by atoms with Crippen LogP contribution in [0.3, 0.4) is 0 Å². The fraction of sp³-hybridized carbons (Fsp3) is 0.214. The molecule has 0 saturated heterocycles. The van der Waals surface area contributed by atoms with Gasteiger partial charge in [0.25, 0.3) is 0 Å². The van der Waals surface area contributed by atoms with Crippen LogP contribution in [0.1, 0.15) is 27.7 Å². The van der Waals surface area contributed by atoms with Gasteiger partial charge in [0.1, 0.15) is 4.88 Å². The second-order valence-corrected chi connectivity index (χ2v) is 7.12. The van der Waals surface area contributed by atoms with E-state index in [1.807, 2.05) is 31.2 Å². The molecule has 112 valence electrons. The Hall–Kier alpha value is -1.70. The third-order valence-corrected chi connectivity index (χ3v) is 5.44. The summed E-state index contributed by atoms with van der Waals surface area (Å²) in [7, 11) is -3.69. The van der Waals surface area contributed by atoms with Crippen molar-refractivity contribution in [2.24, 2.45) is 0 Å². The average molecular weight is 325 g/mol. The number of carboxylic acid groups (broad SMARTS) is 1. The Balaban J connectivity index is 2.07. The summed E-state index contributed by atoms with van der Waals surface area (Å²) in [5.74, 6) is -1.13. The van der Waals surface area contributed by atoms with Gasteiger partial charge in [0.05, 0.1) is 4.90 Å². The van der Waals surface area contributed by atoms with Gasteiger partial charge in [-0.1, -0.05) is 31.2 Å². The highest BCUT2D eigenvalue weighted by Gasteiger charge is 2.18. The van der Waals surface area contributed by atoms with Crippen molar-refractivity contribution in [3.63, 3.8) is 0 Å². The highest BCUT2D eigenvalue weighted by Crippen LogP contribution is 2.19. The van der Waals surface area contributed by atoms with Gasteiger partial charge in [-0.05, 0) is 23.6 Å². The monoisotopic (exact) mass is 325 g/mol. The Morgan fingerprint density at radius 1 is 1.24 bits per heavy atom. The van der Waals surface area contributed by atoms with Crippen molar-refractivity contribution in [2.45, 2.75) is 24.8 Å². The Labute approximate surface area is 127 Å². The van der Waals surface area contributed by atoms with Crippen molar-refractivity contribution < 1.29 is 18.3 Å². The first-order valence-electron chi connectivity index (χ1n) is 6.31. The lowest BCUT2D eigenvalue weighted by molar-refractivity contribution is 0.0702. The average Bonchev–Trinajstić information content (AvgIpc) is 2.97. The van der Waals surface area contributed by atoms with Crippen LogP contribution < -0.4 is 4.72 Å². The highest BCUT2D eigenvalue weighted by atomic mass is 32.2. The summed E-state index contributed by atoms with van der Waals surface area (Å²) in [6.45, 7) is 2.22. The zero-order valence-corrected chi connectivity index (χ0v) is 13.0. The van der Waals surface area contributed by atoms with E-state index in [2.05, 4.69) is 4.72 Å². The van der Waals surface area contributed by atoms with Crippen molar-refractivity contribution in [1.29, 1.82) is 0 Å². The minimum absolute atomic E-state index is 0.00248. The Bertz CT molecular complexity index is 733. The lowest BCUT2D eigenvalue weighted by atomic mass is 10.1. The van der Waals surface area contributed by atoms with Crippen LogP contribution in [0.5, 0.6) is 0 Å². The van der Waals surface area contributed by atoms with Gasteiger partial charge in [0.15, 0.2) is 0 Å². The van der Waals surface area contributed by atoms with E-state index in [9.17, 15) is 13.2 Å². The van der Waals surface area contributed by atoms with Crippen LogP contribution in [0.2, 0.25) is 0 Å². The fourth-order valence-corrected chi connectivity index (χ4v) is 3.86. The third kappa shape index (κ3) is 3.90. The van der Waals surface area contributed by atoms with Crippen molar-refractivity contribution in [1.82, 2.24) is 4.72 Å². The first-order valence-corrected chi connectivity index (χ1v) is 8.68. The van der Waals surface area contributed by atoms with Crippen LogP contribution in [0, 0.1) is 0 Å². The van der Waals surface area contributed by atoms with Crippen LogP contribution in [-0.4, -0.2) is 19.5 Å². The molecule has 0 amide bonds. The van der Waals surface area contributed by atoms with Crippen molar-refractivity contribution in [3.8, 4) is 0 Å². The maximum Gasteiger partial charge on any atom is 0.345 e. The van der Waals surface area contributed by atoms with E-state index >= 15 is 0 Å². The Morgan fingerprint density at radius 3 is 2.38 bits per heavy atom. The standard InChI is InChI=1S/C14H15NO4S2/c1-2-10-3-5-11(6-4-10)8-15-21(18,19)12-7-13(14(16)17)20-9-12/h3-7,9,15H,2,8H2,1H3,(H,16,17). The summed E-state index contributed by atoms with van der Waals surface area (Å²) in [5.41, 5.74) is 2.04. The predicted octanol–water partition coefficient (Wildman–Crippen LogP) is 2.49. The summed E-state index contributed by atoms with van der Waals surface area (Å²) in [6, 6.07) is 8.82. The molecule has 0 aliphatic carbocycles. The van der Waals surface area contributed by atoms with E-state index in [1.54, 1.807) is 0 Å². The molecule has 1 aromatic heterocycles. The zero-order chi connectivity index (χ0) is 15.5. The van der Waals surface area contributed by atoms with E-state index in [4.69, 9.17) is 5.11 Å². The summed E-state index contributed by atoms with van der Waals surface area (Å²) in [6.07, 6.45) is 0.929. The van der Waals surface area contributed by atoms with E-state index in [0.29, 0.717) is 0 Å². The van der Waals surface area contributed by atoms with Crippen molar-refractivity contribution >= 4 is 27.3 Å². The van der Waals surface area contributed by atoms with Crippen LogP contribution in [0.25, 0.3) is 0 Å². The first-order chi connectivity index (χ1) is 9.92. The Kier molecular flexibility index (Phi) is 4.76. The number of hydrogen-bond acceptors (Lipinski definition) is 4. The molecule has 1 heterocycles. The lowest BCUT2D eigenvalue weighted by Crippen LogP contribution is -2.22. The van der Waals surface area contributed by atoms with E-state index in [-0.39, 0.29) is 16.3 Å². The van der Waals surface area contributed by atoms with E-state index in [1.165, 1.54) is 10.9 Å². The maximum atomic E-state index is 12.1. The summed E-state index contributed by atoms with van der Waals surface area (Å²) >= 11 is 0.892. The fourth-order valence-electron chi connectivity index (χ4n) is 1.73. The lowest BCUT2D eigenvalue weighted by Gasteiger charge is -2.06. The van der Waals surface area contributed by atoms with Crippen LogP contribution in [0.4, 0.5) is 0 Å². The molecule has 21 heavy (non-hydrogen) atoms. The second-order valence-electron chi connectivity index (χ2n) is 4.45. The van der Waals surface area contributed by atoms with Crippen LogP contribution in [0.15, 0.2) is 40.6 Å². The molecule has 0 bridgehead atoms. The van der Waals surface area contributed by atoms with Gasteiger partial charge in [0, 0.05) is 11.9 Å². The molecule has 0 spiro atoms. The van der Waals surface area contributed by atoms with Gasteiger partial charge < -0.3 is 5.11 Å². The topological polar surface area (TPSA) is 83.5 Å². The normalized spacial score (nSPS) is 11.5. The highest BCUT2D eigenvalue weighted by molar-refractivity contribution is 7.89. The van der Waals surface area contributed by atoms with E-state index < -0.39 is 16.0 Å². The summed E-state index contributed by atoms with van der Waals surface area (Å²) in [4.78, 5) is 10.8. The zero-order valence-electron chi connectivity index (χ0n) is 11.4. The number of benzene rings is 1. The molecule has 2 rings (SSSR count). The summed E-state index contributed by atoms with van der Waals surface area (Å²) < 4.78 is 26.6. The number of aromatic carboxylic acids is 1. The summed E-state index contributed by atoms with van der Waals surface area (Å²) in [5, 5.41) is 10.1. The molecule has 2 N–H and O–H groups in total. The van der Waals surface area contributed by atoms with E-state index in [0.717, 1.165) is 29.4 Å². The van der Waals surface area contributed by atoms with Gasteiger partial charge >= 0.3 is 5.97 Å². The first kappa shape index (κ1) is 15.7. The molecule has 0 radical (unpaired) electrons. The number of thiophene rings is 1. The van der Waals surface area contributed by atoms with Crippen LogP contribution in [-0.2, 0) is 23.0 Å². The van der Waals surface area contributed by atoms with Gasteiger partial charge in [-0.15, -0.1) is 11.3 Å². The van der Waals surface area contributed by atoms with Gasteiger partial charge in [-0.2, -0.15) is 0 Å². The SMILES string of the molecule is CCc1ccc(CNS(=O)(=O)c2csc(C(=O)O)c2)cc1. The molecule has 1 aromatic carbocycles. The molecule has 0 aliphatic heterocycles. The number of nitrogens with one attached hydrogen (secondary N) is 1. The van der Waals surface area contributed by atoms with Gasteiger partial charge in [-0.25, -0.2) is 17.9 Å². The molecule has 0 fully saturated rings. The maximum absolute atomic E-state index is 12.1. The molecular formula is C14H15NO4S2. The number of hydrogen-bond donors (Lipinski definition) is 2. The van der Waals surface area contributed by atoms with Crippen LogP contribution >= 0.6 is 11.3 Å². The molecule has 0 aliphatic rings. The molecule has 7 heteroatoms. The quantitative estimate of drug-likeness (QED) is 0.854. The molecule has 5 nitrogen and oxygen atoms in total. The van der Waals surface area contributed by atoms with Crippen molar-refractivity contribution in [3.05, 3.63) is 51.7 Å². The number of aryl methyl sites for hydroxylation is 1. The van der Waals surface area contributed by atoms with Gasteiger partial charge in [0.2, 0.25) is 10.0 Å². The predicted molar refractivity (Wildman–Crippen MR) is 81.1 cm³/mol. The number of sulfonamides is 1. The minimum atomic E-state index is -3.69. The molecule has 0 unspecified atom stereocenters. The van der Waals surface area contributed by atoms with Gasteiger partial charge in [-0.3, -0.25) is 0 Å². The Morgan fingerprint density at radius 2 is 1.86 bits per heavy atom. The number of carbonyl (C=O) groups is 1. The largest absolute Gasteiger partial charge is 0.477 e. The molecule has 0 atom stereocenters. The third-order valence-electron chi connectivity index (χ3n) is 2.99. The second kappa shape index (κ2) is 6.38. The molecular weight excluding hydrogens is 310 g/mol. The number of carboxylic acids is 1. The smallest absolute Gasteiger partial charge is 0.345 e.